The van der Waals surface area contributed by atoms with Crippen LogP contribution in [0, 0.1) is 5.92 Å². The molecule has 26 heavy (non-hydrogen) atoms. The Hall–Kier alpha value is -0.900. The zero-order valence-electron chi connectivity index (χ0n) is 15.2. The number of likely N-dealkylation sites (N-methyl/N-ethyl adjacent to an activating group) is 1. The summed E-state index contributed by atoms with van der Waals surface area (Å²) in [6.07, 6.45) is 0. The van der Waals surface area contributed by atoms with Crippen molar-refractivity contribution in [3.05, 3.63) is 24.3 Å². The lowest BCUT2D eigenvalue weighted by Crippen LogP contribution is -2.47. The lowest BCUT2D eigenvalue weighted by molar-refractivity contribution is -0.118. The number of carbonyl (C=O) groups excluding carboxylic acids is 1. The number of amides is 1. The smallest absolute Gasteiger partial charge is 0.243 e. The Balaban J connectivity index is 0.00000312. The number of carbonyl (C=O) groups is 1. The third-order valence-electron chi connectivity index (χ3n) is 4.22. The summed E-state index contributed by atoms with van der Waals surface area (Å²) >= 11 is 0. The molecule has 1 aromatic carbocycles. The molecule has 7 nitrogen and oxygen atoms in total. The number of halogens is 2. The van der Waals surface area contributed by atoms with Gasteiger partial charge >= 0.3 is 0 Å². The van der Waals surface area contributed by atoms with E-state index in [4.69, 9.17) is 5.73 Å². The predicted octanol–water partition coefficient (Wildman–Crippen LogP) is 1.39. The van der Waals surface area contributed by atoms with Gasteiger partial charge in [0, 0.05) is 31.9 Å². The Morgan fingerprint density at radius 3 is 2.27 bits per heavy atom. The van der Waals surface area contributed by atoms with Crippen LogP contribution in [0.15, 0.2) is 29.2 Å². The van der Waals surface area contributed by atoms with Crippen LogP contribution < -0.4 is 11.1 Å². The van der Waals surface area contributed by atoms with Gasteiger partial charge in [-0.3, -0.25) is 4.79 Å². The summed E-state index contributed by atoms with van der Waals surface area (Å²) in [5.74, 6) is -0.318. The van der Waals surface area contributed by atoms with Crippen LogP contribution in [0.1, 0.15) is 13.8 Å². The topological polar surface area (TPSA) is 95.7 Å². The number of nitrogens with zero attached hydrogens (tertiary/aromatic N) is 2. The molecule has 150 valence electrons. The fourth-order valence-electron chi connectivity index (χ4n) is 2.44. The van der Waals surface area contributed by atoms with Crippen molar-refractivity contribution in [3.8, 4) is 0 Å². The average Bonchev–Trinajstić information content (AvgIpc) is 2.54. The molecule has 1 aliphatic rings. The lowest BCUT2D eigenvalue weighted by Gasteiger charge is -2.31. The van der Waals surface area contributed by atoms with Crippen LogP contribution in [-0.4, -0.2) is 62.8 Å². The van der Waals surface area contributed by atoms with Crippen molar-refractivity contribution in [2.24, 2.45) is 11.7 Å². The minimum absolute atomic E-state index is 0. The quantitative estimate of drug-likeness (QED) is 0.741. The summed E-state index contributed by atoms with van der Waals surface area (Å²) in [6.45, 7) is 6.07. The summed E-state index contributed by atoms with van der Waals surface area (Å²) in [6, 6.07) is 5.68. The highest BCUT2D eigenvalue weighted by atomic mass is 35.5. The van der Waals surface area contributed by atoms with Crippen LogP contribution in [0.4, 0.5) is 5.69 Å². The van der Waals surface area contributed by atoms with E-state index in [0.29, 0.717) is 31.9 Å². The predicted molar refractivity (Wildman–Crippen MR) is 109 cm³/mol. The largest absolute Gasteiger partial charge is 0.325 e. The molecular formula is C16H28Cl2N4O3S. The van der Waals surface area contributed by atoms with Crippen LogP contribution in [0.25, 0.3) is 0 Å². The van der Waals surface area contributed by atoms with Crippen molar-refractivity contribution in [3.63, 3.8) is 0 Å². The number of nitrogens with two attached hydrogens (primary N) is 1. The number of anilines is 1. The van der Waals surface area contributed by atoms with Crippen LogP contribution in [0.2, 0.25) is 0 Å². The van der Waals surface area contributed by atoms with Gasteiger partial charge in [-0.05, 0) is 31.2 Å². The first kappa shape index (κ1) is 25.1. The Labute approximate surface area is 168 Å². The molecule has 1 fully saturated rings. The number of benzene rings is 1. The van der Waals surface area contributed by atoms with Crippen LogP contribution >= 0.6 is 24.8 Å². The highest BCUT2D eigenvalue weighted by Crippen LogP contribution is 2.21. The monoisotopic (exact) mass is 426 g/mol. The fraction of sp³-hybridized carbons (Fsp3) is 0.562. The molecule has 1 heterocycles. The highest BCUT2D eigenvalue weighted by molar-refractivity contribution is 7.89. The van der Waals surface area contributed by atoms with E-state index < -0.39 is 16.1 Å². The van der Waals surface area contributed by atoms with Gasteiger partial charge in [0.2, 0.25) is 15.9 Å². The summed E-state index contributed by atoms with van der Waals surface area (Å²) < 4.78 is 27.0. The molecule has 0 aromatic heterocycles. The second-order valence-corrected chi connectivity index (χ2v) is 8.43. The lowest BCUT2D eigenvalue weighted by atomic mass is 10.1. The zero-order chi connectivity index (χ0) is 17.9. The molecule has 1 aliphatic heterocycles. The first-order chi connectivity index (χ1) is 11.2. The average molecular weight is 427 g/mol. The molecule has 0 aliphatic carbocycles. The molecule has 0 unspecified atom stereocenters. The maximum atomic E-state index is 12.7. The number of nitrogens with one attached hydrogen (secondary N) is 1. The van der Waals surface area contributed by atoms with E-state index in [-0.39, 0.29) is 41.5 Å². The van der Waals surface area contributed by atoms with Gasteiger partial charge in [0.05, 0.1) is 10.9 Å². The van der Waals surface area contributed by atoms with Gasteiger partial charge in [-0.2, -0.15) is 4.31 Å². The SMILES string of the molecule is CC(C)[C@H](N)C(=O)Nc1cccc(S(=O)(=O)N2CCN(C)CC2)c1.Cl.Cl. The van der Waals surface area contributed by atoms with Crippen molar-refractivity contribution in [1.29, 1.82) is 0 Å². The Bertz CT molecular complexity index is 692. The van der Waals surface area contributed by atoms with Gasteiger partial charge in [-0.15, -0.1) is 24.8 Å². The van der Waals surface area contributed by atoms with Crippen molar-refractivity contribution >= 4 is 46.4 Å². The van der Waals surface area contributed by atoms with Gasteiger partial charge in [0.15, 0.2) is 0 Å². The zero-order valence-corrected chi connectivity index (χ0v) is 17.7. The molecule has 0 radical (unpaired) electrons. The molecule has 0 spiro atoms. The van der Waals surface area contributed by atoms with E-state index >= 15 is 0 Å². The highest BCUT2D eigenvalue weighted by Gasteiger charge is 2.27. The normalized spacial score (nSPS) is 17.1. The Kier molecular flexibility index (Phi) is 10.1. The number of rotatable bonds is 5. The molecule has 0 bridgehead atoms. The minimum atomic E-state index is -3.56. The first-order valence-corrected chi connectivity index (χ1v) is 9.51. The van der Waals surface area contributed by atoms with Crippen molar-refractivity contribution in [2.75, 3.05) is 38.5 Å². The number of piperazine rings is 1. The van der Waals surface area contributed by atoms with Crippen LogP contribution in [0.5, 0.6) is 0 Å². The molecule has 1 atom stereocenters. The van der Waals surface area contributed by atoms with Gasteiger partial charge in [-0.1, -0.05) is 19.9 Å². The summed E-state index contributed by atoms with van der Waals surface area (Å²) in [7, 11) is -1.59. The molecule has 0 saturated carbocycles. The number of hydrogen-bond acceptors (Lipinski definition) is 5. The third kappa shape index (κ3) is 6.07. The molecule has 1 aromatic rings. The second kappa shape index (κ2) is 10.4. The summed E-state index contributed by atoms with van der Waals surface area (Å²) in [4.78, 5) is 14.3. The maximum Gasteiger partial charge on any atom is 0.243 e. The second-order valence-electron chi connectivity index (χ2n) is 6.49. The minimum Gasteiger partial charge on any atom is -0.325 e. The van der Waals surface area contributed by atoms with Crippen molar-refractivity contribution in [2.45, 2.75) is 24.8 Å². The molecule has 1 saturated heterocycles. The van der Waals surface area contributed by atoms with E-state index in [2.05, 4.69) is 10.2 Å². The van der Waals surface area contributed by atoms with E-state index in [0.717, 1.165) is 0 Å². The maximum absolute atomic E-state index is 12.7. The standard InChI is InChI=1S/C16H26N4O3S.2ClH/c1-12(2)15(17)16(21)18-13-5-4-6-14(11-13)24(22,23)20-9-7-19(3)8-10-20;;/h4-6,11-12,15H,7-10,17H2,1-3H3,(H,18,21);2*1H/t15-;;/m0../s1. The fourth-order valence-corrected chi connectivity index (χ4v) is 3.91. The van der Waals surface area contributed by atoms with Crippen LogP contribution in [0.3, 0.4) is 0 Å². The molecule has 3 N–H and O–H groups in total. The number of hydrogen-bond donors (Lipinski definition) is 2. The molecule has 2 rings (SSSR count). The van der Waals surface area contributed by atoms with E-state index in [1.807, 2.05) is 20.9 Å². The van der Waals surface area contributed by atoms with E-state index in [9.17, 15) is 13.2 Å². The Morgan fingerprint density at radius 2 is 1.73 bits per heavy atom. The van der Waals surface area contributed by atoms with Crippen LogP contribution in [-0.2, 0) is 14.8 Å². The molecule has 10 heteroatoms. The van der Waals surface area contributed by atoms with Gasteiger partial charge in [0.1, 0.15) is 0 Å². The third-order valence-corrected chi connectivity index (χ3v) is 6.12. The molecule has 1 amide bonds. The van der Waals surface area contributed by atoms with Gasteiger partial charge in [0.25, 0.3) is 0 Å². The summed E-state index contributed by atoms with van der Waals surface area (Å²) in [5.41, 5.74) is 6.25. The van der Waals surface area contributed by atoms with Gasteiger partial charge in [-0.25, -0.2) is 8.42 Å². The Morgan fingerprint density at radius 1 is 1.15 bits per heavy atom. The summed E-state index contributed by atoms with van der Waals surface area (Å²) in [5, 5.41) is 2.69. The van der Waals surface area contributed by atoms with E-state index in [1.54, 1.807) is 18.2 Å². The number of sulfonamides is 1. The van der Waals surface area contributed by atoms with E-state index in [1.165, 1.54) is 10.4 Å². The van der Waals surface area contributed by atoms with Gasteiger partial charge < -0.3 is 16.0 Å². The van der Waals surface area contributed by atoms with Crippen molar-refractivity contribution < 1.29 is 13.2 Å². The first-order valence-electron chi connectivity index (χ1n) is 8.07. The van der Waals surface area contributed by atoms with Crippen molar-refractivity contribution in [1.82, 2.24) is 9.21 Å². The molecular weight excluding hydrogens is 399 g/mol.